The number of carbonyl (C=O) groups is 1. The minimum Gasteiger partial charge on any atom is -0.352 e. The summed E-state index contributed by atoms with van der Waals surface area (Å²) in [6.45, 7) is 3.17. The van der Waals surface area contributed by atoms with Crippen LogP contribution in [0.15, 0.2) is 18.2 Å². The molecule has 0 aliphatic carbocycles. The number of halogens is 2. The second-order valence-electron chi connectivity index (χ2n) is 4.58. The predicted octanol–water partition coefficient (Wildman–Crippen LogP) is 1.56. The second-order valence-corrected chi connectivity index (χ2v) is 5.40. The van der Waals surface area contributed by atoms with Gasteiger partial charge < -0.3 is 16.0 Å². The maximum Gasteiger partial charge on any atom is 0.221 e. The molecule has 1 aliphatic rings. The largest absolute Gasteiger partial charge is 0.352 e. The summed E-state index contributed by atoms with van der Waals surface area (Å²) >= 11 is 11.8. The van der Waals surface area contributed by atoms with Crippen LogP contribution < -0.4 is 16.0 Å². The van der Waals surface area contributed by atoms with Crippen LogP contribution in [-0.2, 0) is 11.3 Å². The molecule has 1 unspecified atom stereocenters. The summed E-state index contributed by atoms with van der Waals surface area (Å²) in [6, 6.07) is 5.57. The van der Waals surface area contributed by atoms with Gasteiger partial charge in [0.2, 0.25) is 5.91 Å². The number of amides is 1. The lowest BCUT2D eigenvalue weighted by Crippen LogP contribution is -2.50. The van der Waals surface area contributed by atoms with Gasteiger partial charge in [0, 0.05) is 38.6 Å². The van der Waals surface area contributed by atoms with E-state index in [0.29, 0.717) is 23.0 Å². The number of rotatable bonds is 4. The Bertz CT molecular complexity index is 448. The molecule has 0 spiro atoms. The zero-order chi connectivity index (χ0) is 13.7. The first-order valence-electron chi connectivity index (χ1n) is 6.30. The Morgan fingerprint density at radius 3 is 2.84 bits per heavy atom. The van der Waals surface area contributed by atoms with Crippen molar-refractivity contribution in [2.24, 2.45) is 0 Å². The van der Waals surface area contributed by atoms with Crippen LogP contribution in [-0.4, -0.2) is 31.6 Å². The van der Waals surface area contributed by atoms with Crippen molar-refractivity contribution >= 4 is 29.1 Å². The van der Waals surface area contributed by atoms with E-state index < -0.39 is 0 Å². The smallest absolute Gasteiger partial charge is 0.221 e. The molecular formula is C13H17Cl2N3O. The second kappa shape index (κ2) is 7.10. The fourth-order valence-electron chi connectivity index (χ4n) is 2.00. The quantitative estimate of drug-likeness (QED) is 0.791. The summed E-state index contributed by atoms with van der Waals surface area (Å²) in [5, 5.41) is 10.5. The van der Waals surface area contributed by atoms with Crippen molar-refractivity contribution in [2.75, 3.05) is 19.6 Å². The van der Waals surface area contributed by atoms with Gasteiger partial charge in [-0.1, -0.05) is 29.3 Å². The molecule has 1 heterocycles. The van der Waals surface area contributed by atoms with E-state index in [0.717, 1.165) is 25.2 Å². The third kappa shape index (κ3) is 4.66. The van der Waals surface area contributed by atoms with Crippen LogP contribution >= 0.6 is 23.2 Å². The minimum absolute atomic E-state index is 0.0345. The van der Waals surface area contributed by atoms with Gasteiger partial charge >= 0.3 is 0 Å². The Kier molecular flexibility index (Phi) is 5.45. The van der Waals surface area contributed by atoms with Crippen molar-refractivity contribution in [3.63, 3.8) is 0 Å². The summed E-state index contributed by atoms with van der Waals surface area (Å²) in [5.41, 5.74) is 0.942. The van der Waals surface area contributed by atoms with E-state index in [9.17, 15) is 4.79 Å². The van der Waals surface area contributed by atoms with Crippen molar-refractivity contribution in [2.45, 2.75) is 19.0 Å². The fourth-order valence-corrected chi connectivity index (χ4v) is 2.32. The summed E-state index contributed by atoms with van der Waals surface area (Å²) in [4.78, 5) is 11.8. The monoisotopic (exact) mass is 301 g/mol. The predicted molar refractivity (Wildman–Crippen MR) is 77.6 cm³/mol. The highest BCUT2D eigenvalue weighted by atomic mass is 35.5. The Hall–Kier alpha value is -0.810. The summed E-state index contributed by atoms with van der Waals surface area (Å²) in [6.07, 6.45) is 0.480. The molecule has 0 bridgehead atoms. The molecule has 1 aromatic rings. The van der Waals surface area contributed by atoms with Gasteiger partial charge in [-0.15, -0.1) is 0 Å². The molecule has 1 fully saturated rings. The van der Waals surface area contributed by atoms with Gasteiger partial charge in [0.1, 0.15) is 0 Å². The number of benzene rings is 1. The number of nitrogens with one attached hydrogen (secondary N) is 3. The highest BCUT2D eigenvalue weighted by molar-refractivity contribution is 6.42. The number of hydrogen-bond acceptors (Lipinski definition) is 3. The van der Waals surface area contributed by atoms with Gasteiger partial charge in [0.25, 0.3) is 0 Å². The minimum atomic E-state index is 0.0345. The zero-order valence-electron chi connectivity index (χ0n) is 10.5. The van der Waals surface area contributed by atoms with Crippen LogP contribution in [0.5, 0.6) is 0 Å². The van der Waals surface area contributed by atoms with Gasteiger partial charge in [-0.05, 0) is 17.7 Å². The average molecular weight is 302 g/mol. The molecule has 2 rings (SSSR count). The molecule has 104 valence electrons. The highest BCUT2D eigenvalue weighted by Gasteiger charge is 2.15. The maximum atomic E-state index is 11.8. The number of piperazine rings is 1. The SMILES string of the molecule is O=C(CC1CNCCN1)NCc1ccc(Cl)c(Cl)c1. The zero-order valence-corrected chi connectivity index (χ0v) is 12.0. The number of hydrogen-bond donors (Lipinski definition) is 3. The van der Waals surface area contributed by atoms with Gasteiger partial charge in [0.05, 0.1) is 10.0 Å². The van der Waals surface area contributed by atoms with E-state index >= 15 is 0 Å². The molecule has 1 atom stereocenters. The molecule has 0 aromatic heterocycles. The topological polar surface area (TPSA) is 53.2 Å². The van der Waals surface area contributed by atoms with Crippen molar-refractivity contribution in [3.05, 3.63) is 33.8 Å². The summed E-state index contributed by atoms with van der Waals surface area (Å²) in [7, 11) is 0. The van der Waals surface area contributed by atoms with Gasteiger partial charge in [-0.25, -0.2) is 0 Å². The first-order chi connectivity index (χ1) is 9.15. The molecule has 0 radical (unpaired) electrons. The maximum absolute atomic E-state index is 11.8. The van der Waals surface area contributed by atoms with Gasteiger partial charge in [-0.3, -0.25) is 4.79 Å². The Morgan fingerprint density at radius 2 is 2.16 bits per heavy atom. The van der Waals surface area contributed by atoms with Gasteiger partial charge in [-0.2, -0.15) is 0 Å². The molecule has 6 heteroatoms. The van der Waals surface area contributed by atoms with E-state index in [4.69, 9.17) is 23.2 Å². The van der Waals surface area contributed by atoms with E-state index in [-0.39, 0.29) is 11.9 Å². The average Bonchev–Trinajstić information content (AvgIpc) is 2.41. The number of carbonyl (C=O) groups excluding carboxylic acids is 1. The van der Waals surface area contributed by atoms with Crippen LogP contribution in [0.4, 0.5) is 0 Å². The summed E-state index contributed by atoms with van der Waals surface area (Å²) in [5.74, 6) is 0.0345. The fraction of sp³-hybridized carbons (Fsp3) is 0.462. The van der Waals surface area contributed by atoms with Crippen LogP contribution in [0.1, 0.15) is 12.0 Å². The van der Waals surface area contributed by atoms with E-state index in [1.807, 2.05) is 6.07 Å². The highest BCUT2D eigenvalue weighted by Crippen LogP contribution is 2.22. The van der Waals surface area contributed by atoms with Crippen molar-refractivity contribution in [1.29, 1.82) is 0 Å². The Balaban J connectivity index is 1.77. The standard InChI is InChI=1S/C13H17Cl2N3O/c14-11-2-1-9(5-12(11)15)7-18-13(19)6-10-8-16-3-4-17-10/h1-2,5,10,16-17H,3-4,6-8H2,(H,18,19). The summed E-state index contributed by atoms with van der Waals surface area (Å²) < 4.78 is 0. The van der Waals surface area contributed by atoms with Crippen molar-refractivity contribution in [3.8, 4) is 0 Å². The van der Waals surface area contributed by atoms with Crippen molar-refractivity contribution < 1.29 is 4.79 Å². The van der Waals surface area contributed by atoms with Crippen LogP contribution in [0.25, 0.3) is 0 Å². The van der Waals surface area contributed by atoms with Crippen LogP contribution in [0.2, 0.25) is 10.0 Å². The molecule has 1 saturated heterocycles. The molecule has 19 heavy (non-hydrogen) atoms. The van der Waals surface area contributed by atoms with Crippen molar-refractivity contribution in [1.82, 2.24) is 16.0 Å². The van der Waals surface area contributed by atoms with Gasteiger partial charge in [0.15, 0.2) is 0 Å². The van der Waals surface area contributed by atoms with Crippen LogP contribution in [0.3, 0.4) is 0 Å². The van der Waals surface area contributed by atoms with E-state index in [1.54, 1.807) is 12.1 Å². The molecule has 1 aliphatic heterocycles. The Morgan fingerprint density at radius 1 is 1.32 bits per heavy atom. The first-order valence-corrected chi connectivity index (χ1v) is 7.05. The first kappa shape index (κ1) is 14.6. The third-order valence-electron chi connectivity index (χ3n) is 3.03. The molecular weight excluding hydrogens is 285 g/mol. The lowest BCUT2D eigenvalue weighted by atomic mass is 10.1. The van der Waals surface area contributed by atoms with E-state index in [2.05, 4.69) is 16.0 Å². The molecule has 4 nitrogen and oxygen atoms in total. The lowest BCUT2D eigenvalue weighted by Gasteiger charge is -2.23. The molecule has 0 saturated carbocycles. The Labute approximate surface area is 122 Å². The van der Waals surface area contributed by atoms with Crippen LogP contribution in [0, 0.1) is 0 Å². The third-order valence-corrected chi connectivity index (χ3v) is 3.77. The molecule has 1 amide bonds. The lowest BCUT2D eigenvalue weighted by molar-refractivity contribution is -0.121. The molecule has 1 aromatic carbocycles. The molecule has 3 N–H and O–H groups in total. The van der Waals surface area contributed by atoms with E-state index in [1.165, 1.54) is 0 Å². The normalized spacial score (nSPS) is 19.2.